The van der Waals surface area contributed by atoms with Crippen LogP contribution in [0.1, 0.15) is 105 Å². The van der Waals surface area contributed by atoms with Gasteiger partial charge in [-0.3, -0.25) is 0 Å². The minimum absolute atomic E-state index is 0.0184. The molecule has 4 fully saturated rings. The van der Waals surface area contributed by atoms with Crippen molar-refractivity contribution in [2.75, 3.05) is 0 Å². The number of aliphatic hydroxyl groups is 1. The van der Waals surface area contributed by atoms with Crippen molar-refractivity contribution in [3.63, 3.8) is 0 Å². The number of hydrogen-bond acceptors (Lipinski definition) is 2. The maximum atomic E-state index is 10.2. The van der Waals surface area contributed by atoms with Crippen molar-refractivity contribution < 1.29 is 5.11 Å². The van der Waals surface area contributed by atoms with Gasteiger partial charge in [0.05, 0.1) is 6.10 Å². The Kier molecular flexibility index (Phi) is 6.23. The van der Waals surface area contributed by atoms with E-state index in [4.69, 9.17) is 12.6 Å². The molecule has 1 N–H and O–H groups in total. The Bertz CT molecular complexity index is 547. The number of fused-ring (bicyclic) bond motifs is 5. The molecule has 9 atom stereocenters. The quantitative estimate of drug-likeness (QED) is 0.465. The Morgan fingerprint density at radius 3 is 2.36 bits per heavy atom. The van der Waals surface area contributed by atoms with Gasteiger partial charge >= 0.3 is 0 Å². The topological polar surface area (TPSA) is 20.2 Å². The predicted molar refractivity (Wildman–Crippen MR) is 123 cm³/mol. The van der Waals surface area contributed by atoms with Crippen LogP contribution in [0.3, 0.4) is 0 Å². The van der Waals surface area contributed by atoms with E-state index in [1.807, 2.05) is 0 Å². The van der Waals surface area contributed by atoms with Gasteiger partial charge < -0.3 is 5.11 Å². The average molecular weight is 407 g/mol. The maximum Gasteiger partial charge on any atom is 0.0543 e. The van der Waals surface area contributed by atoms with Crippen LogP contribution in [0.15, 0.2) is 0 Å². The molecule has 28 heavy (non-hydrogen) atoms. The van der Waals surface area contributed by atoms with Crippen molar-refractivity contribution in [3.05, 3.63) is 0 Å². The molecule has 162 valence electrons. The highest BCUT2D eigenvalue weighted by atomic mass is 32.1. The smallest absolute Gasteiger partial charge is 0.0543 e. The fraction of sp³-hybridized carbons (Fsp3) is 1.00. The monoisotopic (exact) mass is 406 g/mol. The van der Waals surface area contributed by atoms with Crippen LogP contribution in [0.25, 0.3) is 0 Å². The summed E-state index contributed by atoms with van der Waals surface area (Å²) in [6.45, 7) is 9.98. The van der Waals surface area contributed by atoms with E-state index in [0.29, 0.717) is 16.1 Å². The zero-order valence-electron chi connectivity index (χ0n) is 19.0. The lowest BCUT2D eigenvalue weighted by molar-refractivity contribution is -0.126. The molecular formula is C26H46OS. The summed E-state index contributed by atoms with van der Waals surface area (Å²) < 4.78 is 0. The first-order chi connectivity index (χ1) is 13.3. The highest BCUT2D eigenvalue weighted by molar-refractivity contribution is 7.81. The zero-order chi connectivity index (χ0) is 20.1. The summed E-state index contributed by atoms with van der Waals surface area (Å²) >= 11 is 5.19. The van der Waals surface area contributed by atoms with Gasteiger partial charge in [-0.1, -0.05) is 40.5 Å². The molecule has 5 unspecified atom stereocenters. The zero-order valence-corrected chi connectivity index (χ0v) is 19.9. The van der Waals surface area contributed by atoms with Gasteiger partial charge in [0.25, 0.3) is 0 Å². The van der Waals surface area contributed by atoms with Crippen LogP contribution in [0, 0.1) is 46.3 Å². The molecule has 4 rings (SSSR count). The van der Waals surface area contributed by atoms with Gasteiger partial charge in [-0.2, -0.15) is 12.6 Å². The van der Waals surface area contributed by atoms with Gasteiger partial charge in [0, 0.05) is 5.25 Å². The highest BCUT2D eigenvalue weighted by Crippen LogP contribution is 2.68. The highest BCUT2D eigenvalue weighted by Gasteiger charge is 2.60. The van der Waals surface area contributed by atoms with Gasteiger partial charge in [-0.05, 0) is 111 Å². The van der Waals surface area contributed by atoms with E-state index in [9.17, 15) is 5.11 Å². The second-order valence-corrected chi connectivity index (χ2v) is 12.9. The average Bonchev–Trinajstić information content (AvgIpc) is 2.99. The van der Waals surface area contributed by atoms with Crippen molar-refractivity contribution in [2.24, 2.45) is 46.3 Å². The number of aliphatic hydroxyl groups excluding tert-OH is 1. The Morgan fingerprint density at radius 1 is 0.893 bits per heavy atom. The second-order valence-electron chi connectivity index (χ2n) is 12.2. The fourth-order valence-electron chi connectivity index (χ4n) is 8.84. The molecule has 0 aromatic carbocycles. The molecule has 4 aliphatic rings. The van der Waals surface area contributed by atoms with Gasteiger partial charge in [-0.25, -0.2) is 0 Å². The van der Waals surface area contributed by atoms with E-state index in [0.717, 1.165) is 48.3 Å². The normalized spacial score (nSPS) is 49.4. The van der Waals surface area contributed by atoms with E-state index >= 15 is 0 Å². The van der Waals surface area contributed by atoms with Crippen molar-refractivity contribution in [1.29, 1.82) is 0 Å². The van der Waals surface area contributed by atoms with Crippen LogP contribution in [0.4, 0.5) is 0 Å². The molecule has 2 heteroatoms. The predicted octanol–water partition coefficient (Wildman–Crippen LogP) is 7.13. The molecule has 4 aliphatic carbocycles. The van der Waals surface area contributed by atoms with Crippen molar-refractivity contribution >= 4 is 12.6 Å². The van der Waals surface area contributed by atoms with Crippen LogP contribution in [0.2, 0.25) is 0 Å². The molecule has 0 heterocycles. The third-order valence-electron chi connectivity index (χ3n) is 10.5. The molecule has 1 nitrogen and oxygen atoms in total. The standard InChI is InChI=1S/C26H46OS/c1-17(2)6-5-7-24(28)23-11-10-21-20-9-8-18-16-19(27)12-14-25(18,3)22(20)13-15-26(21,23)4/h17-24,27-28H,5-16H2,1-4H3/t18?,19-,20?,21?,22?,23?,24+,25-,26-/m0/s1. The van der Waals surface area contributed by atoms with E-state index in [1.165, 1.54) is 64.2 Å². The molecule has 4 saturated carbocycles. The summed E-state index contributed by atoms with van der Waals surface area (Å²) in [5, 5.41) is 10.9. The molecule has 0 saturated heterocycles. The minimum atomic E-state index is -0.0184. The summed E-state index contributed by atoms with van der Waals surface area (Å²) in [4.78, 5) is 0. The van der Waals surface area contributed by atoms with Gasteiger partial charge in [0.1, 0.15) is 0 Å². The first-order valence-electron chi connectivity index (χ1n) is 12.6. The first-order valence-corrected chi connectivity index (χ1v) is 13.1. The van der Waals surface area contributed by atoms with Gasteiger partial charge in [-0.15, -0.1) is 0 Å². The second kappa shape index (κ2) is 8.10. The van der Waals surface area contributed by atoms with Gasteiger partial charge in [0.15, 0.2) is 0 Å². The number of hydrogen-bond donors (Lipinski definition) is 2. The van der Waals surface area contributed by atoms with Crippen molar-refractivity contribution in [1.82, 2.24) is 0 Å². The summed E-state index contributed by atoms with van der Waals surface area (Å²) in [6, 6.07) is 0. The molecule has 0 radical (unpaired) electrons. The third kappa shape index (κ3) is 3.61. The molecule has 0 aliphatic heterocycles. The van der Waals surface area contributed by atoms with Crippen LogP contribution in [-0.4, -0.2) is 16.5 Å². The van der Waals surface area contributed by atoms with Crippen LogP contribution >= 0.6 is 12.6 Å². The first kappa shape index (κ1) is 21.5. The summed E-state index contributed by atoms with van der Waals surface area (Å²) in [7, 11) is 0. The van der Waals surface area contributed by atoms with Crippen molar-refractivity contribution in [2.45, 2.75) is 116 Å². The lowest BCUT2D eigenvalue weighted by Crippen LogP contribution is -2.54. The Morgan fingerprint density at radius 2 is 1.61 bits per heavy atom. The minimum Gasteiger partial charge on any atom is -0.393 e. The Balaban J connectivity index is 1.46. The SMILES string of the molecule is CC(C)CCC[C@@H](S)C1CCC2C3CCC4C[C@@H](O)CC[C@]4(C)C3CC[C@@]21C. The molecular weight excluding hydrogens is 360 g/mol. The summed E-state index contributed by atoms with van der Waals surface area (Å²) in [5.41, 5.74) is 1.06. The summed E-state index contributed by atoms with van der Waals surface area (Å²) in [5.74, 6) is 5.28. The Labute approximate surface area is 180 Å². The molecule has 0 amide bonds. The van der Waals surface area contributed by atoms with Crippen LogP contribution in [0.5, 0.6) is 0 Å². The van der Waals surface area contributed by atoms with Crippen molar-refractivity contribution in [3.8, 4) is 0 Å². The van der Waals surface area contributed by atoms with E-state index in [1.54, 1.807) is 0 Å². The molecule has 0 bridgehead atoms. The molecule has 0 aromatic heterocycles. The van der Waals surface area contributed by atoms with E-state index in [-0.39, 0.29) is 6.10 Å². The lowest BCUT2D eigenvalue weighted by Gasteiger charge is -2.61. The largest absolute Gasteiger partial charge is 0.393 e. The van der Waals surface area contributed by atoms with Crippen LogP contribution in [-0.2, 0) is 0 Å². The molecule has 0 aromatic rings. The van der Waals surface area contributed by atoms with Crippen LogP contribution < -0.4 is 0 Å². The lowest BCUT2D eigenvalue weighted by atomic mass is 9.44. The third-order valence-corrected chi connectivity index (χ3v) is 11.1. The van der Waals surface area contributed by atoms with E-state index < -0.39 is 0 Å². The Hall–Kier alpha value is 0.310. The number of rotatable bonds is 5. The fourth-order valence-corrected chi connectivity index (χ4v) is 9.52. The molecule has 0 spiro atoms. The van der Waals surface area contributed by atoms with Gasteiger partial charge in [0.2, 0.25) is 0 Å². The van der Waals surface area contributed by atoms with E-state index in [2.05, 4.69) is 27.7 Å². The maximum absolute atomic E-state index is 10.2. The summed E-state index contributed by atoms with van der Waals surface area (Å²) in [6.07, 6.45) is 16.0. The number of thiol groups is 1.